The first-order chi connectivity index (χ1) is 10.9. The van der Waals surface area contributed by atoms with Crippen molar-refractivity contribution in [2.45, 2.75) is 39.8 Å². The number of benzene rings is 1. The van der Waals surface area contributed by atoms with Gasteiger partial charge in [-0.25, -0.2) is 4.68 Å². The molecule has 1 heterocycles. The molecule has 0 aliphatic carbocycles. The van der Waals surface area contributed by atoms with Crippen LogP contribution in [0.4, 0.5) is 0 Å². The van der Waals surface area contributed by atoms with E-state index in [4.69, 9.17) is 0 Å². The molecule has 0 radical (unpaired) electrons. The molecule has 0 fully saturated rings. The molecule has 2 rings (SSSR count). The van der Waals surface area contributed by atoms with Crippen LogP contribution in [0, 0.1) is 5.41 Å². The molecule has 124 valence electrons. The van der Waals surface area contributed by atoms with Crippen molar-refractivity contribution in [2.24, 2.45) is 5.41 Å². The Kier molecular flexibility index (Phi) is 5.55. The topological polar surface area (TPSA) is 58.4 Å². The number of carbonyl (C=O) groups excluding carboxylic acids is 1. The van der Waals surface area contributed by atoms with Crippen LogP contribution in [0.2, 0.25) is 0 Å². The van der Waals surface area contributed by atoms with E-state index in [0.29, 0.717) is 6.54 Å². The number of aliphatic hydroxyl groups is 1. The van der Waals surface area contributed by atoms with Crippen LogP contribution in [0.15, 0.2) is 42.7 Å². The molecule has 0 bridgehead atoms. The third-order valence-corrected chi connectivity index (χ3v) is 3.71. The van der Waals surface area contributed by atoms with Gasteiger partial charge in [0.1, 0.15) is 0 Å². The highest BCUT2D eigenvalue weighted by Gasteiger charge is 2.23. The van der Waals surface area contributed by atoms with Gasteiger partial charge < -0.3 is 10.0 Å². The second-order valence-electron chi connectivity index (χ2n) is 7.00. The van der Waals surface area contributed by atoms with E-state index in [2.05, 4.69) is 25.9 Å². The highest BCUT2D eigenvalue weighted by molar-refractivity contribution is 5.48. The number of aromatic nitrogens is 2. The van der Waals surface area contributed by atoms with Gasteiger partial charge in [-0.2, -0.15) is 5.10 Å². The van der Waals surface area contributed by atoms with Crippen LogP contribution in [0.1, 0.15) is 32.8 Å². The lowest BCUT2D eigenvalue weighted by atomic mass is 9.87. The fourth-order valence-corrected chi connectivity index (χ4v) is 2.68. The predicted molar refractivity (Wildman–Crippen MR) is 90.1 cm³/mol. The summed E-state index contributed by atoms with van der Waals surface area (Å²) in [6.07, 6.45) is 5.19. The lowest BCUT2D eigenvalue weighted by Crippen LogP contribution is -2.39. The molecule has 5 nitrogen and oxygen atoms in total. The number of hydrogen-bond donors (Lipinski definition) is 1. The van der Waals surface area contributed by atoms with Gasteiger partial charge in [0.2, 0.25) is 6.41 Å². The van der Waals surface area contributed by atoms with Gasteiger partial charge in [0, 0.05) is 18.9 Å². The third kappa shape index (κ3) is 4.93. The van der Waals surface area contributed by atoms with Crippen molar-refractivity contribution >= 4 is 6.41 Å². The Morgan fingerprint density at radius 1 is 1.35 bits per heavy atom. The van der Waals surface area contributed by atoms with E-state index in [9.17, 15) is 9.90 Å². The molecule has 1 aromatic heterocycles. The van der Waals surface area contributed by atoms with Gasteiger partial charge in [0.25, 0.3) is 0 Å². The molecule has 0 saturated carbocycles. The smallest absolute Gasteiger partial charge is 0.210 e. The van der Waals surface area contributed by atoms with Crippen LogP contribution in [-0.2, 0) is 11.3 Å². The van der Waals surface area contributed by atoms with Crippen LogP contribution < -0.4 is 0 Å². The van der Waals surface area contributed by atoms with Gasteiger partial charge in [-0.15, -0.1) is 0 Å². The summed E-state index contributed by atoms with van der Waals surface area (Å²) in [5.41, 5.74) is 2.01. The Labute approximate surface area is 137 Å². The van der Waals surface area contributed by atoms with Crippen molar-refractivity contribution in [3.63, 3.8) is 0 Å². The van der Waals surface area contributed by atoms with E-state index >= 15 is 0 Å². The molecular weight excluding hydrogens is 290 g/mol. The predicted octanol–water partition coefficient (Wildman–Crippen LogP) is 2.63. The van der Waals surface area contributed by atoms with E-state index in [1.807, 2.05) is 36.5 Å². The summed E-state index contributed by atoms with van der Waals surface area (Å²) in [5, 5.41) is 13.9. The van der Waals surface area contributed by atoms with E-state index in [0.717, 1.165) is 24.1 Å². The number of hydrogen-bond acceptors (Lipinski definition) is 3. The first-order valence-corrected chi connectivity index (χ1v) is 7.84. The van der Waals surface area contributed by atoms with E-state index in [1.165, 1.54) is 0 Å². The largest absolute Gasteiger partial charge is 0.394 e. The second kappa shape index (κ2) is 7.42. The number of nitrogens with zero attached hydrogens (tertiary/aromatic N) is 3. The minimum absolute atomic E-state index is 0.0329. The Hall–Kier alpha value is -2.14. The summed E-state index contributed by atoms with van der Waals surface area (Å²) in [6.45, 7) is 6.76. The molecule has 2 aromatic rings. The monoisotopic (exact) mass is 315 g/mol. The second-order valence-corrected chi connectivity index (χ2v) is 7.00. The molecule has 0 spiro atoms. The number of carbonyl (C=O) groups is 1. The molecule has 1 aromatic carbocycles. The molecule has 5 heteroatoms. The summed E-state index contributed by atoms with van der Waals surface area (Å²) >= 11 is 0. The zero-order valence-electron chi connectivity index (χ0n) is 14.0. The first-order valence-electron chi connectivity index (χ1n) is 7.84. The average Bonchev–Trinajstić information content (AvgIpc) is 3.04. The van der Waals surface area contributed by atoms with Crippen LogP contribution in [-0.4, -0.2) is 38.8 Å². The van der Waals surface area contributed by atoms with Crippen LogP contribution in [0.5, 0.6) is 0 Å². The Balaban J connectivity index is 2.15. The van der Waals surface area contributed by atoms with Crippen LogP contribution in [0.25, 0.3) is 5.69 Å². The van der Waals surface area contributed by atoms with Crippen molar-refractivity contribution in [3.8, 4) is 5.69 Å². The fourth-order valence-electron chi connectivity index (χ4n) is 2.68. The van der Waals surface area contributed by atoms with Crippen molar-refractivity contribution in [3.05, 3.63) is 48.3 Å². The van der Waals surface area contributed by atoms with Gasteiger partial charge in [-0.05, 0) is 35.6 Å². The first kappa shape index (κ1) is 17.2. The van der Waals surface area contributed by atoms with E-state index in [1.54, 1.807) is 15.8 Å². The molecule has 23 heavy (non-hydrogen) atoms. The number of amides is 1. The quantitative estimate of drug-likeness (QED) is 0.799. The maximum atomic E-state index is 11.5. The zero-order chi connectivity index (χ0) is 16.9. The fraction of sp³-hybridized carbons (Fsp3) is 0.444. The highest BCUT2D eigenvalue weighted by Crippen LogP contribution is 2.24. The Morgan fingerprint density at radius 3 is 2.70 bits per heavy atom. The van der Waals surface area contributed by atoms with Crippen molar-refractivity contribution in [1.82, 2.24) is 14.7 Å². The number of rotatable bonds is 7. The minimum Gasteiger partial charge on any atom is -0.394 e. The lowest BCUT2D eigenvalue weighted by molar-refractivity contribution is -0.122. The van der Waals surface area contributed by atoms with Crippen molar-refractivity contribution in [2.75, 3.05) is 6.61 Å². The summed E-state index contributed by atoms with van der Waals surface area (Å²) in [5.74, 6) is 0. The molecule has 0 saturated heterocycles. The van der Waals surface area contributed by atoms with E-state index in [-0.39, 0.29) is 18.1 Å². The summed E-state index contributed by atoms with van der Waals surface area (Å²) in [4.78, 5) is 13.2. The SMILES string of the molecule is CC(C)(C)CC(CO)N(C=O)Cc1cccc(-n2cccn2)c1. The maximum absolute atomic E-state index is 11.5. The molecule has 0 aliphatic heterocycles. The summed E-state index contributed by atoms with van der Waals surface area (Å²) < 4.78 is 1.79. The third-order valence-electron chi connectivity index (χ3n) is 3.71. The Morgan fingerprint density at radius 2 is 2.13 bits per heavy atom. The van der Waals surface area contributed by atoms with Crippen LogP contribution in [0.3, 0.4) is 0 Å². The highest BCUT2D eigenvalue weighted by atomic mass is 16.3. The molecule has 1 N–H and O–H groups in total. The normalized spacial score (nSPS) is 12.9. The van der Waals surface area contributed by atoms with Crippen LogP contribution >= 0.6 is 0 Å². The zero-order valence-corrected chi connectivity index (χ0v) is 14.0. The van der Waals surface area contributed by atoms with Gasteiger partial charge in [-0.3, -0.25) is 4.79 Å². The molecule has 0 aliphatic rings. The molecule has 1 atom stereocenters. The molecular formula is C18H25N3O2. The van der Waals surface area contributed by atoms with Gasteiger partial charge in [0.05, 0.1) is 18.3 Å². The Bertz CT molecular complexity index is 617. The van der Waals surface area contributed by atoms with Gasteiger partial charge in [-0.1, -0.05) is 32.9 Å². The lowest BCUT2D eigenvalue weighted by Gasteiger charge is -2.32. The molecule has 1 amide bonds. The van der Waals surface area contributed by atoms with Gasteiger partial charge in [0.15, 0.2) is 0 Å². The standard InChI is InChI=1S/C18H25N3O2/c1-18(2,3)11-17(13-22)20(14-23)12-15-6-4-7-16(10-15)21-9-5-8-19-21/h4-10,14,17,22H,11-13H2,1-3H3. The van der Waals surface area contributed by atoms with E-state index < -0.39 is 0 Å². The van der Waals surface area contributed by atoms with Crippen molar-refractivity contribution < 1.29 is 9.90 Å². The minimum atomic E-state index is -0.180. The summed E-state index contributed by atoms with van der Waals surface area (Å²) in [6, 6.07) is 9.60. The maximum Gasteiger partial charge on any atom is 0.210 e. The van der Waals surface area contributed by atoms with Crippen molar-refractivity contribution in [1.29, 1.82) is 0 Å². The number of aliphatic hydroxyl groups excluding tert-OH is 1. The summed E-state index contributed by atoms with van der Waals surface area (Å²) in [7, 11) is 0. The average molecular weight is 315 g/mol. The van der Waals surface area contributed by atoms with Gasteiger partial charge >= 0.3 is 0 Å². The molecule has 1 unspecified atom stereocenters.